The van der Waals surface area contributed by atoms with E-state index in [4.69, 9.17) is 0 Å². The Bertz CT molecular complexity index is 460. The Labute approximate surface area is 228 Å². The lowest BCUT2D eigenvalue weighted by Gasteiger charge is -2.32. The molecule has 0 heterocycles. The zero-order valence-corrected chi connectivity index (χ0v) is 25.5. The van der Waals surface area contributed by atoms with Gasteiger partial charge in [0.1, 0.15) is 0 Å². The third kappa shape index (κ3) is 20.5. The summed E-state index contributed by atoms with van der Waals surface area (Å²) in [6.07, 6.45) is 35.7. The Morgan fingerprint density at radius 2 is 0.806 bits per heavy atom. The first-order chi connectivity index (χ1) is 17.5. The number of aliphatic carboxylic acids is 1. The average Bonchev–Trinajstić information content (AvgIpc) is 2.87. The maximum absolute atomic E-state index is 12.1. The minimum atomic E-state index is -0.576. The highest BCUT2D eigenvalue weighted by atomic mass is 16.4. The van der Waals surface area contributed by atoms with Crippen LogP contribution in [0.25, 0.3) is 0 Å². The van der Waals surface area contributed by atoms with Crippen molar-refractivity contribution >= 4 is 5.97 Å². The molecule has 0 aliphatic carbocycles. The average molecular weight is 509 g/mol. The van der Waals surface area contributed by atoms with E-state index in [1.807, 2.05) is 6.92 Å². The Hall–Kier alpha value is -0.530. The van der Waals surface area contributed by atoms with Gasteiger partial charge in [-0.2, -0.15) is 0 Å². The van der Waals surface area contributed by atoms with Gasteiger partial charge in [-0.05, 0) is 25.7 Å². The van der Waals surface area contributed by atoms with Crippen molar-refractivity contribution in [2.45, 2.75) is 201 Å². The Morgan fingerprint density at radius 1 is 0.528 bits per heavy atom. The van der Waals surface area contributed by atoms with Crippen LogP contribution in [0, 0.1) is 11.3 Å². The smallest absolute Gasteiger partial charge is 0.309 e. The van der Waals surface area contributed by atoms with E-state index in [-0.39, 0.29) is 5.92 Å². The van der Waals surface area contributed by atoms with E-state index in [1.54, 1.807) is 0 Å². The van der Waals surface area contributed by atoms with Gasteiger partial charge in [0.05, 0.1) is 5.41 Å². The second-order valence-corrected chi connectivity index (χ2v) is 12.3. The van der Waals surface area contributed by atoms with Gasteiger partial charge in [-0.15, -0.1) is 0 Å². The second kappa shape index (κ2) is 26.1. The van der Waals surface area contributed by atoms with Crippen molar-refractivity contribution < 1.29 is 9.90 Å². The molecule has 0 bridgehead atoms. The van der Waals surface area contributed by atoms with Crippen LogP contribution in [0.1, 0.15) is 201 Å². The summed E-state index contributed by atoms with van der Waals surface area (Å²) in [6.45, 7) is 8.77. The van der Waals surface area contributed by atoms with Crippen LogP contribution in [0.15, 0.2) is 0 Å². The molecule has 0 spiro atoms. The van der Waals surface area contributed by atoms with Gasteiger partial charge < -0.3 is 5.11 Å². The molecule has 0 aromatic rings. The summed E-state index contributed by atoms with van der Waals surface area (Å²) in [7, 11) is 0. The molecule has 0 aromatic carbocycles. The van der Waals surface area contributed by atoms with E-state index >= 15 is 0 Å². The van der Waals surface area contributed by atoms with Crippen molar-refractivity contribution in [3.05, 3.63) is 0 Å². The second-order valence-electron chi connectivity index (χ2n) is 12.3. The Balaban J connectivity index is 3.73. The van der Waals surface area contributed by atoms with E-state index < -0.39 is 11.4 Å². The molecule has 0 saturated carbocycles. The van der Waals surface area contributed by atoms with E-state index in [9.17, 15) is 9.90 Å². The number of carbonyl (C=O) groups is 1. The predicted molar refractivity (Wildman–Crippen MR) is 161 cm³/mol. The first kappa shape index (κ1) is 35.5. The highest BCUT2D eigenvalue weighted by Crippen LogP contribution is 2.37. The fourth-order valence-electron chi connectivity index (χ4n) is 5.68. The van der Waals surface area contributed by atoms with Crippen molar-refractivity contribution in [3.8, 4) is 0 Å². The number of carboxylic acids is 1. The number of unbranched alkanes of at least 4 members (excludes halogenated alkanes) is 23. The Morgan fingerprint density at radius 3 is 1.11 bits per heavy atom. The molecule has 0 aliphatic heterocycles. The van der Waals surface area contributed by atoms with Gasteiger partial charge >= 0.3 is 5.97 Å². The van der Waals surface area contributed by atoms with Crippen LogP contribution in [0.5, 0.6) is 0 Å². The van der Waals surface area contributed by atoms with Crippen LogP contribution in [0.4, 0.5) is 0 Å². The first-order valence-corrected chi connectivity index (χ1v) is 16.7. The van der Waals surface area contributed by atoms with Crippen molar-refractivity contribution in [1.29, 1.82) is 0 Å². The molecule has 0 rings (SSSR count). The first-order valence-electron chi connectivity index (χ1n) is 16.7. The van der Waals surface area contributed by atoms with Gasteiger partial charge in [0.25, 0.3) is 0 Å². The van der Waals surface area contributed by atoms with E-state index in [2.05, 4.69) is 20.8 Å². The van der Waals surface area contributed by atoms with Crippen LogP contribution in [0.3, 0.4) is 0 Å². The third-order valence-corrected chi connectivity index (χ3v) is 8.87. The fourth-order valence-corrected chi connectivity index (χ4v) is 5.68. The summed E-state index contributed by atoms with van der Waals surface area (Å²) in [4.78, 5) is 12.1. The molecular weight excluding hydrogens is 440 g/mol. The Kier molecular flexibility index (Phi) is 25.7. The summed E-state index contributed by atoms with van der Waals surface area (Å²) in [5.41, 5.74) is -0.546. The summed E-state index contributed by atoms with van der Waals surface area (Å²) >= 11 is 0. The van der Waals surface area contributed by atoms with Crippen LogP contribution in [0.2, 0.25) is 0 Å². The zero-order chi connectivity index (χ0) is 26.7. The van der Waals surface area contributed by atoms with Crippen LogP contribution in [-0.2, 0) is 4.79 Å². The maximum Gasteiger partial charge on any atom is 0.309 e. The van der Waals surface area contributed by atoms with Crippen molar-refractivity contribution in [1.82, 2.24) is 0 Å². The van der Waals surface area contributed by atoms with Gasteiger partial charge in [-0.3, -0.25) is 4.79 Å². The summed E-state index contributed by atoms with van der Waals surface area (Å²) in [5.74, 6) is -0.303. The molecule has 2 unspecified atom stereocenters. The zero-order valence-electron chi connectivity index (χ0n) is 25.5. The minimum Gasteiger partial charge on any atom is -0.481 e. The van der Waals surface area contributed by atoms with Crippen LogP contribution < -0.4 is 0 Å². The topological polar surface area (TPSA) is 37.3 Å². The van der Waals surface area contributed by atoms with Crippen molar-refractivity contribution in [3.63, 3.8) is 0 Å². The van der Waals surface area contributed by atoms with E-state index in [0.717, 1.165) is 19.3 Å². The lowest BCUT2D eigenvalue weighted by molar-refractivity contribution is -0.151. The minimum absolute atomic E-state index is 0.274. The van der Waals surface area contributed by atoms with Crippen molar-refractivity contribution in [2.75, 3.05) is 0 Å². The molecule has 2 heteroatoms. The molecule has 2 nitrogen and oxygen atoms in total. The van der Waals surface area contributed by atoms with Crippen LogP contribution in [-0.4, -0.2) is 11.1 Å². The van der Waals surface area contributed by atoms with Gasteiger partial charge in [-0.25, -0.2) is 0 Å². The molecule has 0 saturated heterocycles. The fraction of sp³-hybridized carbons (Fsp3) is 0.971. The summed E-state index contributed by atoms with van der Waals surface area (Å²) in [5, 5.41) is 9.98. The molecule has 216 valence electrons. The number of carboxylic acid groups (broad SMARTS) is 1. The quantitative estimate of drug-likeness (QED) is 0.102. The van der Waals surface area contributed by atoms with Gasteiger partial charge in [-0.1, -0.05) is 181 Å². The SMILES string of the molecule is CCCCCCCCCCCCCCCC(C)C(C)(CCCCCCCCCCCCCC)C(=O)O. The lowest BCUT2D eigenvalue weighted by Crippen LogP contribution is -2.34. The van der Waals surface area contributed by atoms with Crippen LogP contribution >= 0.6 is 0 Å². The molecule has 0 radical (unpaired) electrons. The predicted octanol–water partition coefficient (Wildman–Crippen LogP) is 12.3. The molecule has 0 aliphatic rings. The summed E-state index contributed by atoms with van der Waals surface area (Å²) in [6, 6.07) is 0. The number of rotatable bonds is 29. The van der Waals surface area contributed by atoms with Gasteiger partial charge in [0, 0.05) is 0 Å². The molecule has 0 fully saturated rings. The number of hydrogen-bond donors (Lipinski definition) is 1. The van der Waals surface area contributed by atoms with Gasteiger partial charge in [0.2, 0.25) is 0 Å². The molecule has 2 atom stereocenters. The van der Waals surface area contributed by atoms with E-state index in [0.29, 0.717) is 0 Å². The molecule has 0 aromatic heterocycles. The highest BCUT2D eigenvalue weighted by Gasteiger charge is 2.37. The highest BCUT2D eigenvalue weighted by molar-refractivity contribution is 5.74. The standard InChI is InChI=1S/C34H68O2/c1-5-7-9-11-13-15-17-19-20-22-24-26-28-30-32(3)34(4,33(35)36)31-29-27-25-23-21-18-16-14-12-10-8-6-2/h32H,5-31H2,1-4H3,(H,35,36). The molecule has 0 amide bonds. The molecular formula is C34H68O2. The summed E-state index contributed by atoms with van der Waals surface area (Å²) < 4.78 is 0. The normalized spacial score (nSPS) is 14.1. The largest absolute Gasteiger partial charge is 0.481 e. The number of hydrogen-bond acceptors (Lipinski definition) is 1. The van der Waals surface area contributed by atoms with Crippen molar-refractivity contribution in [2.24, 2.45) is 11.3 Å². The third-order valence-electron chi connectivity index (χ3n) is 8.87. The maximum atomic E-state index is 12.1. The molecule has 36 heavy (non-hydrogen) atoms. The van der Waals surface area contributed by atoms with E-state index in [1.165, 1.54) is 154 Å². The monoisotopic (exact) mass is 509 g/mol. The van der Waals surface area contributed by atoms with Gasteiger partial charge in [0.15, 0.2) is 0 Å². The molecule has 1 N–H and O–H groups in total. The lowest BCUT2D eigenvalue weighted by atomic mass is 9.72.